The highest BCUT2D eigenvalue weighted by Gasteiger charge is 2.25. The maximum absolute atomic E-state index is 12.8. The van der Waals surface area contributed by atoms with E-state index < -0.39 is 16.0 Å². The van der Waals surface area contributed by atoms with Crippen molar-refractivity contribution in [3.8, 4) is 23.0 Å². The summed E-state index contributed by atoms with van der Waals surface area (Å²) in [6.07, 6.45) is 0. The molecule has 0 spiro atoms. The molecule has 0 bridgehead atoms. The Balaban J connectivity index is 1.71. The lowest BCUT2D eigenvalue weighted by molar-refractivity contribution is 0.0697. The van der Waals surface area contributed by atoms with Crippen molar-refractivity contribution in [2.45, 2.75) is 4.90 Å². The van der Waals surface area contributed by atoms with Crippen LogP contribution in [0.2, 0.25) is 0 Å². The number of anilines is 1. The molecule has 27 heavy (non-hydrogen) atoms. The van der Waals surface area contributed by atoms with Crippen LogP contribution in [-0.4, -0.2) is 45.9 Å². The molecular weight excluding hydrogens is 378 g/mol. The first kappa shape index (κ1) is 17.3. The van der Waals surface area contributed by atoms with Gasteiger partial charge in [0.2, 0.25) is 0 Å². The molecule has 0 saturated heterocycles. The van der Waals surface area contributed by atoms with Crippen LogP contribution in [0.15, 0.2) is 35.2 Å². The molecule has 2 heterocycles. The summed E-state index contributed by atoms with van der Waals surface area (Å²) in [7, 11) is -4.07. The van der Waals surface area contributed by atoms with E-state index in [0.717, 1.165) is 0 Å². The number of sulfonamides is 1. The van der Waals surface area contributed by atoms with Crippen molar-refractivity contribution in [2.24, 2.45) is 0 Å². The third kappa shape index (κ3) is 3.31. The summed E-state index contributed by atoms with van der Waals surface area (Å²) in [5.74, 6) is -0.0191. The van der Waals surface area contributed by atoms with Crippen molar-refractivity contribution < 1.29 is 37.3 Å². The van der Waals surface area contributed by atoms with E-state index in [1.165, 1.54) is 30.3 Å². The number of carbonyl (C=O) groups is 1. The van der Waals surface area contributed by atoms with Crippen molar-refractivity contribution >= 4 is 21.7 Å². The molecule has 0 atom stereocenters. The summed E-state index contributed by atoms with van der Waals surface area (Å²) in [4.78, 5) is 11.5. The second-order valence-electron chi connectivity index (χ2n) is 5.76. The van der Waals surface area contributed by atoms with Crippen LogP contribution >= 0.6 is 0 Å². The van der Waals surface area contributed by atoms with Gasteiger partial charge in [0.05, 0.1) is 16.1 Å². The average Bonchev–Trinajstić information content (AvgIpc) is 2.66. The Kier molecular flexibility index (Phi) is 4.19. The van der Waals surface area contributed by atoms with Gasteiger partial charge in [0, 0.05) is 18.2 Å². The first-order valence-corrected chi connectivity index (χ1v) is 9.52. The standard InChI is InChI=1S/C17H15NO8S/c19-17(20)11-8-15-16(26-6-5-25-15)9-12(11)18-27(21,22)10-1-2-13-14(7-10)24-4-3-23-13/h1-2,7-9,18H,3-6H2,(H,19,20). The van der Waals surface area contributed by atoms with Crippen molar-refractivity contribution in [3.05, 3.63) is 35.9 Å². The number of carboxylic acid groups (broad SMARTS) is 1. The van der Waals surface area contributed by atoms with Crippen LogP contribution < -0.4 is 23.7 Å². The van der Waals surface area contributed by atoms with Gasteiger partial charge in [-0.15, -0.1) is 0 Å². The summed E-state index contributed by atoms with van der Waals surface area (Å²) in [6.45, 7) is 1.27. The van der Waals surface area contributed by atoms with Crippen LogP contribution in [0, 0.1) is 0 Å². The third-order valence-corrected chi connectivity index (χ3v) is 5.34. The lowest BCUT2D eigenvalue weighted by atomic mass is 10.1. The Morgan fingerprint density at radius 3 is 2.04 bits per heavy atom. The van der Waals surface area contributed by atoms with Gasteiger partial charge in [-0.1, -0.05) is 0 Å². The fraction of sp³-hybridized carbons (Fsp3) is 0.235. The van der Waals surface area contributed by atoms with Gasteiger partial charge in [0.25, 0.3) is 10.0 Å². The lowest BCUT2D eigenvalue weighted by Gasteiger charge is -2.21. The quantitative estimate of drug-likeness (QED) is 0.806. The van der Waals surface area contributed by atoms with Crippen molar-refractivity contribution in [1.82, 2.24) is 0 Å². The Hall–Kier alpha value is -3.14. The Bertz CT molecular complexity index is 1020. The normalized spacial score (nSPS) is 15.1. The minimum Gasteiger partial charge on any atom is -0.486 e. The second-order valence-corrected chi connectivity index (χ2v) is 7.44. The number of benzene rings is 2. The molecular formula is C17H15NO8S. The number of nitrogens with one attached hydrogen (secondary N) is 1. The van der Waals surface area contributed by atoms with Crippen LogP contribution in [0.3, 0.4) is 0 Å². The highest BCUT2D eigenvalue weighted by Crippen LogP contribution is 2.37. The monoisotopic (exact) mass is 393 g/mol. The number of hydrogen-bond acceptors (Lipinski definition) is 7. The zero-order chi connectivity index (χ0) is 19.0. The van der Waals surface area contributed by atoms with E-state index in [9.17, 15) is 18.3 Å². The molecule has 2 aliphatic rings. The van der Waals surface area contributed by atoms with E-state index in [4.69, 9.17) is 18.9 Å². The number of rotatable bonds is 4. The molecule has 2 aromatic carbocycles. The van der Waals surface area contributed by atoms with E-state index >= 15 is 0 Å². The van der Waals surface area contributed by atoms with Crippen LogP contribution in [0.4, 0.5) is 5.69 Å². The molecule has 0 aliphatic carbocycles. The summed E-state index contributed by atoms with van der Waals surface area (Å²) in [5.41, 5.74) is -0.373. The summed E-state index contributed by atoms with van der Waals surface area (Å²) in [5, 5.41) is 9.42. The zero-order valence-electron chi connectivity index (χ0n) is 13.9. The van der Waals surface area contributed by atoms with Gasteiger partial charge in [0.1, 0.15) is 26.4 Å². The molecule has 0 fully saturated rings. The molecule has 4 rings (SSSR count). The zero-order valence-corrected chi connectivity index (χ0v) is 14.7. The molecule has 2 aromatic rings. The topological polar surface area (TPSA) is 120 Å². The molecule has 0 amide bonds. The number of hydrogen-bond donors (Lipinski definition) is 2. The van der Waals surface area contributed by atoms with Gasteiger partial charge < -0.3 is 24.1 Å². The van der Waals surface area contributed by atoms with Gasteiger partial charge in [-0.3, -0.25) is 4.72 Å². The second kappa shape index (κ2) is 6.54. The minimum atomic E-state index is -4.07. The van der Waals surface area contributed by atoms with Crippen LogP contribution in [0.1, 0.15) is 10.4 Å². The molecule has 2 N–H and O–H groups in total. The fourth-order valence-electron chi connectivity index (χ4n) is 2.74. The predicted molar refractivity (Wildman–Crippen MR) is 92.6 cm³/mol. The number of aromatic carboxylic acids is 1. The first-order valence-electron chi connectivity index (χ1n) is 8.03. The molecule has 0 saturated carbocycles. The van der Waals surface area contributed by atoms with Gasteiger partial charge in [0.15, 0.2) is 23.0 Å². The maximum atomic E-state index is 12.8. The summed E-state index contributed by atoms with van der Waals surface area (Å²) < 4.78 is 49.3. The largest absolute Gasteiger partial charge is 0.486 e. The van der Waals surface area contributed by atoms with Gasteiger partial charge in [-0.25, -0.2) is 13.2 Å². The SMILES string of the molecule is O=C(O)c1cc2c(cc1NS(=O)(=O)c1ccc3c(c1)OCCO3)OCCO2. The Morgan fingerprint density at radius 2 is 1.41 bits per heavy atom. The lowest BCUT2D eigenvalue weighted by Crippen LogP contribution is -2.20. The van der Waals surface area contributed by atoms with E-state index in [-0.39, 0.29) is 40.9 Å². The number of fused-ring (bicyclic) bond motifs is 2. The third-order valence-electron chi connectivity index (χ3n) is 3.98. The highest BCUT2D eigenvalue weighted by molar-refractivity contribution is 7.92. The first-order chi connectivity index (χ1) is 12.9. The van der Waals surface area contributed by atoms with E-state index in [1.54, 1.807) is 0 Å². The van der Waals surface area contributed by atoms with E-state index in [0.29, 0.717) is 24.7 Å². The van der Waals surface area contributed by atoms with E-state index in [2.05, 4.69) is 4.72 Å². The Labute approximate surface area is 154 Å². The number of carboxylic acids is 1. The molecule has 0 unspecified atom stereocenters. The minimum absolute atomic E-state index is 0.0852. The summed E-state index contributed by atoms with van der Waals surface area (Å²) in [6, 6.07) is 6.71. The maximum Gasteiger partial charge on any atom is 0.337 e. The van der Waals surface area contributed by atoms with Crippen molar-refractivity contribution in [1.29, 1.82) is 0 Å². The molecule has 9 nitrogen and oxygen atoms in total. The highest BCUT2D eigenvalue weighted by atomic mass is 32.2. The Morgan fingerprint density at radius 1 is 0.852 bits per heavy atom. The fourth-order valence-corrected chi connectivity index (χ4v) is 3.83. The smallest absolute Gasteiger partial charge is 0.337 e. The molecule has 2 aliphatic heterocycles. The molecule has 0 aromatic heterocycles. The van der Waals surface area contributed by atoms with Crippen molar-refractivity contribution in [3.63, 3.8) is 0 Å². The van der Waals surface area contributed by atoms with Crippen LogP contribution in [0.5, 0.6) is 23.0 Å². The van der Waals surface area contributed by atoms with Crippen LogP contribution in [-0.2, 0) is 10.0 Å². The van der Waals surface area contributed by atoms with Gasteiger partial charge >= 0.3 is 5.97 Å². The average molecular weight is 393 g/mol. The molecule has 142 valence electrons. The number of ether oxygens (including phenoxy) is 4. The van der Waals surface area contributed by atoms with E-state index in [1.807, 2.05) is 0 Å². The van der Waals surface area contributed by atoms with Crippen molar-refractivity contribution in [2.75, 3.05) is 31.1 Å². The van der Waals surface area contributed by atoms with Gasteiger partial charge in [-0.05, 0) is 12.1 Å². The predicted octanol–water partition coefficient (Wildman–Crippen LogP) is 1.73. The summed E-state index contributed by atoms with van der Waals surface area (Å²) >= 11 is 0. The van der Waals surface area contributed by atoms with Crippen LogP contribution in [0.25, 0.3) is 0 Å². The van der Waals surface area contributed by atoms with Gasteiger partial charge in [-0.2, -0.15) is 0 Å². The molecule has 0 radical (unpaired) electrons. The molecule has 10 heteroatoms.